The molecule has 2 aliphatic rings. The van der Waals surface area contributed by atoms with E-state index in [0.717, 1.165) is 22.9 Å². The SMILES string of the molecule is O=C1C(=O)N(CC2CCCO2)C(c2ccc(Br)cc2)C1=C(O)c1ccc(Cl)cc1. The summed E-state index contributed by atoms with van der Waals surface area (Å²) in [7, 11) is 0. The van der Waals surface area contributed by atoms with Gasteiger partial charge in [0.25, 0.3) is 11.7 Å². The van der Waals surface area contributed by atoms with Crippen molar-refractivity contribution in [3.05, 3.63) is 74.7 Å². The molecule has 7 heteroatoms. The van der Waals surface area contributed by atoms with Gasteiger partial charge < -0.3 is 14.7 Å². The molecule has 150 valence electrons. The molecular weight excluding hydrogens is 458 g/mol. The van der Waals surface area contributed by atoms with Gasteiger partial charge in [0, 0.05) is 28.2 Å². The van der Waals surface area contributed by atoms with Crippen molar-refractivity contribution in [1.29, 1.82) is 0 Å². The molecule has 1 amide bonds. The van der Waals surface area contributed by atoms with Crippen LogP contribution in [0.25, 0.3) is 5.76 Å². The predicted molar refractivity (Wildman–Crippen MR) is 114 cm³/mol. The Morgan fingerprint density at radius 1 is 1.14 bits per heavy atom. The quantitative estimate of drug-likeness (QED) is 0.394. The Labute approximate surface area is 182 Å². The molecule has 0 saturated carbocycles. The third-order valence-electron chi connectivity index (χ3n) is 5.27. The van der Waals surface area contributed by atoms with Crippen LogP contribution in [-0.4, -0.2) is 41.0 Å². The monoisotopic (exact) mass is 475 g/mol. The van der Waals surface area contributed by atoms with Gasteiger partial charge in [-0.25, -0.2) is 0 Å². The highest BCUT2D eigenvalue weighted by molar-refractivity contribution is 9.10. The van der Waals surface area contributed by atoms with Crippen molar-refractivity contribution >= 4 is 45.0 Å². The van der Waals surface area contributed by atoms with Crippen molar-refractivity contribution < 1.29 is 19.4 Å². The molecule has 2 saturated heterocycles. The van der Waals surface area contributed by atoms with Crippen molar-refractivity contribution in [1.82, 2.24) is 4.90 Å². The van der Waals surface area contributed by atoms with Gasteiger partial charge in [-0.05, 0) is 54.8 Å². The number of likely N-dealkylation sites (tertiary alicyclic amines) is 1. The molecule has 2 unspecified atom stereocenters. The molecule has 0 aliphatic carbocycles. The van der Waals surface area contributed by atoms with Crippen molar-refractivity contribution in [2.75, 3.05) is 13.2 Å². The Kier molecular flexibility index (Phi) is 5.76. The summed E-state index contributed by atoms with van der Waals surface area (Å²) in [5, 5.41) is 11.5. The summed E-state index contributed by atoms with van der Waals surface area (Å²) in [6.07, 6.45) is 1.66. The lowest BCUT2D eigenvalue weighted by molar-refractivity contribution is -0.140. The van der Waals surface area contributed by atoms with Crippen LogP contribution in [0.1, 0.15) is 30.0 Å². The smallest absolute Gasteiger partial charge is 0.295 e. The molecular formula is C22H19BrClNO4. The first-order valence-corrected chi connectivity index (χ1v) is 10.5. The first-order valence-electron chi connectivity index (χ1n) is 9.37. The topological polar surface area (TPSA) is 66.8 Å². The van der Waals surface area contributed by atoms with E-state index in [1.807, 2.05) is 24.3 Å². The number of halogens is 2. The second kappa shape index (κ2) is 8.30. The van der Waals surface area contributed by atoms with E-state index in [9.17, 15) is 14.7 Å². The first kappa shape index (κ1) is 20.1. The maximum atomic E-state index is 12.9. The summed E-state index contributed by atoms with van der Waals surface area (Å²) in [5.41, 5.74) is 1.27. The maximum absolute atomic E-state index is 12.9. The first-order chi connectivity index (χ1) is 14.0. The number of benzene rings is 2. The van der Waals surface area contributed by atoms with Gasteiger partial charge >= 0.3 is 0 Å². The minimum atomic E-state index is -0.691. The number of aliphatic hydroxyl groups is 1. The molecule has 2 atom stereocenters. The molecule has 2 fully saturated rings. The van der Waals surface area contributed by atoms with Crippen LogP contribution in [0.15, 0.2) is 58.6 Å². The van der Waals surface area contributed by atoms with Gasteiger partial charge in [0.1, 0.15) is 5.76 Å². The number of Topliss-reactive ketones (excluding diaryl/α,β-unsaturated/α-hetero) is 1. The van der Waals surface area contributed by atoms with Gasteiger partial charge in [0.15, 0.2) is 0 Å². The largest absolute Gasteiger partial charge is 0.507 e. The number of aliphatic hydroxyl groups excluding tert-OH is 1. The molecule has 1 N–H and O–H groups in total. The van der Waals surface area contributed by atoms with Crippen molar-refractivity contribution in [2.24, 2.45) is 0 Å². The molecule has 2 aromatic rings. The highest BCUT2D eigenvalue weighted by Crippen LogP contribution is 2.40. The van der Waals surface area contributed by atoms with Crippen LogP contribution < -0.4 is 0 Å². The third-order valence-corrected chi connectivity index (χ3v) is 6.05. The average Bonchev–Trinajstić information content (AvgIpc) is 3.31. The summed E-state index contributed by atoms with van der Waals surface area (Å²) in [5.74, 6) is -1.52. The Hall–Kier alpha value is -2.15. The fourth-order valence-electron chi connectivity index (χ4n) is 3.83. The number of carbonyl (C=O) groups is 2. The van der Waals surface area contributed by atoms with Gasteiger partial charge in [-0.1, -0.05) is 39.7 Å². The second-order valence-electron chi connectivity index (χ2n) is 7.14. The standard InChI is InChI=1S/C22H19BrClNO4/c23-15-7-3-13(4-8-15)19-18(20(26)14-5-9-16(24)10-6-14)21(27)22(28)25(19)12-17-2-1-11-29-17/h3-10,17,19,26H,1-2,11-12H2. The van der Waals surface area contributed by atoms with E-state index in [4.69, 9.17) is 16.3 Å². The van der Waals surface area contributed by atoms with Crippen LogP contribution in [-0.2, 0) is 14.3 Å². The highest BCUT2D eigenvalue weighted by atomic mass is 79.9. The second-order valence-corrected chi connectivity index (χ2v) is 8.50. The number of hydrogen-bond donors (Lipinski definition) is 1. The number of ether oxygens (including phenoxy) is 1. The fourth-order valence-corrected chi connectivity index (χ4v) is 4.22. The van der Waals surface area contributed by atoms with Gasteiger partial charge in [0.2, 0.25) is 0 Å². The summed E-state index contributed by atoms with van der Waals surface area (Å²) in [4.78, 5) is 27.3. The number of nitrogens with zero attached hydrogens (tertiary/aromatic N) is 1. The molecule has 0 spiro atoms. The number of ketones is 1. The lowest BCUT2D eigenvalue weighted by atomic mass is 9.95. The van der Waals surface area contributed by atoms with Gasteiger partial charge in [-0.2, -0.15) is 0 Å². The van der Waals surface area contributed by atoms with Gasteiger partial charge in [-0.15, -0.1) is 0 Å². The van der Waals surface area contributed by atoms with Crippen molar-refractivity contribution in [3.63, 3.8) is 0 Å². The molecule has 0 bridgehead atoms. The Bertz CT molecular complexity index is 965. The van der Waals surface area contributed by atoms with E-state index in [1.54, 1.807) is 24.3 Å². The lowest BCUT2D eigenvalue weighted by Gasteiger charge is -2.27. The average molecular weight is 477 g/mol. The van der Waals surface area contributed by atoms with E-state index in [2.05, 4.69) is 15.9 Å². The fraction of sp³-hybridized carbons (Fsp3) is 0.273. The molecule has 2 aromatic carbocycles. The van der Waals surface area contributed by atoms with E-state index in [-0.39, 0.29) is 17.4 Å². The van der Waals surface area contributed by atoms with Gasteiger partial charge in [-0.3, -0.25) is 9.59 Å². The highest BCUT2D eigenvalue weighted by Gasteiger charge is 2.47. The van der Waals surface area contributed by atoms with E-state index < -0.39 is 17.7 Å². The molecule has 29 heavy (non-hydrogen) atoms. The summed E-state index contributed by atoms with van der Waals surface area (Å²) in [6, 6.07) is 13.2. The zero-order valence-corrected chi connectivity index (χ0v) is 17.8. The molecule has 5 nitrogen and oxygen atoms in total. The van der Waals surface area contributed by atoms with Gasteiger partial charge in [0.05, 0.1) is 17.7 Å². The van der Waals surface area contributed by atoms with Crippen LogP contribution in [0, 0.1) is 0 Å². The number of rotatable bonds is 4. The number of amides is 1. The molecule has 0 radical (unpaired) electrons. The van der Waals surface area contributed by atoms with Crippen LogP contribution >= 0.6 is 27.5 Å². The third kappa shape index (κ3) is 3.97. The van der Waals surface area contributed by atoms with Crippen LogP contribution in [0.5, 0.6) is 0 Å². The predicted octanol–water partition coefficient (Wildman–Crippen LogP) is 4.70. The number of hydrogen-bond acceptors (Lipinski definition) is 4. The summed E-state index contributed by atoms with van der Waals surface area (Å²) in [6.45, 7) is 0.963. The molecule has 2 aliphatic heterocycles. The minimum Gasteiger partial charge on any atom is -0.507 e. The molecule has 4 rings (SSSR count). The van der Waals surface area contributed by atoms with Crippen molar-refractivity contribution in [2.45, 2.75) is 25.0 Å². The van der Waals surface area contributed by atoms with Crippen LogP contribution in [0.4, 0.5) is 0 Å². The Morgan fingerprint density at radius 3 is 2.45 bits per heavy atom. The Morgan fingerprint density at radius 2 is 1.83 bits per heavy atom. The minimum absolute atomic E-state index is 0.0811. The summed E-state index contributed by atoms with van der Waals surface area (Å²) < 4.78 is 6.57. The van der Waals surface area contributed by atoms with E-state index in [0.29, 0.717) is 23.7 Å². The Balaban J connectivity index is 1.81. The van der Waals surface area contributed by atoms with Crippen molar-refractivity contribution in [3.8, 4) is 0 Å². The zero-order chi connectivity index (χ0) is 20.5. The zero-order valence-electron chi connectivity index (χ0n) is 15.5. The van der Waals surface area contributed by atoms with E-state index >= 15 is 0 Å². The summed E-state index contributed by atoms with van der Waals surface area (Å²) >= 11 is 9.35. The van der Waals surface area contributed by atoms with E-state index in [1.165, 1.54) is 4.90 Å². The molecule has 2 heterocycles. The van der Waals surface area contributed by atoms with Crippen LogP contribution in [0.2, 0.25) is 5.02 Å². The lowest BCUT2D eigenvalue weighted by Crippen LogP contribution is -2.36. The van der Waals surface area contributed by atoms with Crippen LogP contribution in [0.3, 0.4) is 0 Å². The molecule has 0 aromatic heterocycles. The number of carbonyl (C=O) groups excluding carboxylic acids is 2. The normalized spacial score (nSPS) is 23.7. The maximum Gasteiger partial charge on any atom is 0.295 e.